The molecule has 3 rings (SSSR count). The summed E-state index contributed by atoms with van der Waals surface area (Å²) in [6, 6.07) is 15.3. The Morgan fingerprint density at radius 2 is 1.89 bits per heavy atom. The second-order valence-electron chi connectivity index (χ2n) is 6.37. The quantitative estimate of drug-likeness (QED) is 0.795. The molecule has 0 aromatic heterocycles. The van der Waals surface area contributed by atoms with Gasteiger partial charge in [-0.25, -0.2) is 8.42 Å². The highest BCUT2D eigenvalue weighted by Crippen LogP contribution is 2.24. The van der Waals surface area contributed by atoms with Gasteiger partial charge in [-0.3, -0.25) is 9.10 Å². The predicted molar refractivity (Wildman–Crippen MR) is 110 cm³/mol. The van der Waals surface area contributed by atoms with Crippen LogP contribution in [0.4, 0.5) is 11.4 Å². The summed E-state index contributed by atoms with van der Waals surface area (Å²) < 4.78 is 27.0. The number of carbonyl (C=O) groups excluding carboxylic acids is 1. The Bertz CT molecular complexity index is 869. The monoisotopic (exact) mass is 409 g/mol. The van der Waals surface area contributed by atoms with Gasteiger partial charge >= 0.3 is 0 Å². The number of piperidine rings is 1. The molecular formula is C19H24ClN3O3S. The third kappa shape index (κ3) is 5.00. The van der Waals surface area contributed by atoms with Crippen LogP contribution in [-0.2, 0) is 14.8 Å². The summed E-state index contributed by atoms with van der Waals surface area (Å²) in [5.41, 5.74) is 1.07. The van der Waals surface area contributed by atoms with Crippen molar-refractivity contribution in [2.45, 2.75) is 17.7 Å². The summed E-state index contributed by atoms with van der Waals surface area (Å²) in [6.45, 7) is 1.59. The molecule has 2 aromatic rings. The van der Waals surface area contributed by atoms with Crippen LogP contribution in [0.15, 0.2) is 59.5 Å². The molecule has 6 nitrogen and oxygen atoms in total. The van der Waals surface area contributed by atoms with Crippen LogP contribution in [0.1, 0.15) is 12.8 Å². The third-order valence-electron chi connectivity index (χ3n) is 4.55. The van der Waals surface area contributed by atoms with E-state index < -0.39 is 10.0 Å². The van der Waals surface area contributed by atoms with Crippen LogP contribution in [0.2, 0.25) is 0 Å². The molecule has 146 valence electrons. The van der Waals surface area contributed by atoms with Gasteiger partial charge in [0.2, 0.25) is 5.91 Å². The van der Waals surface area contributed by atoms with E-state index in [1.54, 1.807) is 36.4 Å². The van der Waals surface area contributed by atoms with Gasteiger partial charge in [0.25, 0.3) is 10.0 Å². The van der Waals surface area contributed by atoms with Crippen LogP contribution in [0.25, 0.3) is 0 Å². The molecule has 0 radical (unpaired) electrons. The van der Waals surface area contributed by atoms with Crippen molar-refractivity contribution >= 4 is 39.7 Å². The zero-order valence-corrected chi connectivity index (χ0v) is 16.7. The van der Waals surface area contributed by atoms with Crippen LogP contribution in [0.5, 0.6) is 0 Å². The first-order valence-electron chi connectivity index (χ1n) is 8.64. The smallest absolute Gasteiger partial charge is 0.264 e. The maximum absolute atomic E-state index is 12.9. The number of halogens is 1. The third-order valence-corrected chi connectivity index (χ3v) is 6.33. The fraction of sp³-hybridized carbons (Fsp3) is 0.316. The fourth-order valence-corrected chi connectivity index (χ4v) is 4.23. The minimum Gasteiger partial charge on any atom is -0.326 e. The molecule has 1 saturated heterocycles. The first-order valence-corrected chi connectivity index (χ1v) is 10.1. The van der Waals surface area contributed by atoms with Crippen molar-refractivity contribution in [2.75, 3.05) is 29.8 Å². The Morgan fingerprint density at radius 3 is 2.56 bits per heavy atom. The number of para-hydroxylation sites is 1. The van der Waals surface area contributed by atoms with Crippen LogP contribution in [-0.4, -0.2) is 34.5 Å². The molecule has 1 unspecified atom stereocenters. The molecule has 0 aliphatic carbocycles. The number of hydrogen-bond donors (Lipinski definition) is 2. The van der Waals surface area contributed by atoms with Crippen molar-refractivity contribution in [2.24, 2.45) is 5.92 Å². The van der Waals surface area contributed by atoms with Crippen molar-refractivity contribution in [1.82, 2.24) is 5.32 Å². The van der Waals surface area contributed by atoms with Crippen LogP contribution in [0.3, 0.4) is 0 Å². The average Bonchev–Trinajstić information content (AvgIpc) is 2.69. The molecule has 0 bridgehead atoms. The van der Waals surface area contributed by atoms with Crippen LogP contribution in [0, 0.1) is 5.92 Å². The van der Waals surface area contributed by atoms with E-state index in [4.69, 9.17) is 0 Å². The Hall–Kier alpha value is -2.09. The molecule has 1 aliphatic rings. The maximum atomic E-state index is 12.9. The number of hydrogen-bond acceptors (Lipinski definition) is 4. The zero-order chi connectivity index (χ0) is 18.6. The summed E-state index contributed by atoms with van der Waals surface area (Å²) >= 11 is 0. The van der Waals surface area contributed by atoms with E-state index in [0.29, 0.717) is 17.9 Å². The highest BCUT2D eigenvalue weighted by Gasteiger charge is 2.23. The summed E-state index contributed by atoms with van der Waals surface area (Å²) in [6.07, 6.45) is 1.81. The van der Waals surface area contributed by atoms with Gasteiger partial charge in [0, 0.05) is 19.3 Å². The predicted octanol–water partition coefficient (Wildman–Crippen LogP) is 2.87. The molecule has 2 aromatic carbocycles. The number of benzene rings is 2. The van der Waals surface area contributed by atoms with Crippen molar-refractivity contribution in [1.29, 1.82) is 0 Å². The van der Waals surface area contributed by atoms with Gasteiger partial charge in [0.1, 0.15) is 0 Å². The largest absolute Gasteiger partial charge is 0.326 e. The van der Waals surface area contributed by atoms with Gasteiger partial charge < -0.3 is 10.6 Å². The standard InChI is InChI=1S/C19H23N3O3S.ClH/c1-22(17-9-3-2-4-10-17)26(24,25)18-11-5-8-16(13-18)21-19(23)15-7-6-12-20-14-15;/h2-5,8-11,13,15,20H,6-7,12,14H2,1H3,(H,21,23);1H. The van der Waals surface area contributed by atoms with Gasteiger partial charge in [-0.2, -0.15) is 0 Å². The van der Waals surface area contributed by atoms with Gasteiger partial charge in [0.15, 0.2) is 0 Å². The molecule has 1 heterocycles. The normalized spacial score (nSPS) is 16.9. The topological polar surface area (TPSA) is 78.5 Å². The van der Waals surface area contributed by atoms with E-state index in [2.05, 4.69) is 10.6 Å². The molecule has 8 heteroatoms. The molecular weight excluding hydrogens is 386 g/mol. The SMILES string of the molecule is CN(c1ccccc1)S(=O)(=O)c1cccc(NC(=O)C2CCCNC2)c1.Cl. The van der Waals surface area contributed by atoms with Gasteiger partial charge in [0.05, 0.1) is 16.5 Å². The lowest BCUT2D eigenvalue weighted by Gasteiger charge is -2.22. The minimum atomic E-state index is -3.71. The summed E-state index contributed by atoms with van der Waals surface area (Å²) in [7, 11) is -2.19. The first-order chi connectivity index (χ1) is 12.5. The Labute approximate surface area is 166 Å². The van der Waals surface area contributed by atoms with Gasteiger partial charge in [-0.1, -0.05) is 24.3 Å². The van der Waals surface area contributed by atoms with Crippen molar-refractivity contribution in [3.05, 3.63) is 54.6 Å². The Kier molecular flexibility index (Phi) is 7.24. The van der Waals surface area contributed by atoms with E-state index in [0.717, 1.165) is 19.4 Å². The molecule has 1 atom stereocenters. The highest BCUT2D eigenvalue weighted by atomic mass is 35.5. The second kappa shape index (κ2) is 9.21. The summed E-state index contributed by atoms with van der Waals surface area (Å²) in [5, 5.41) is 6.05. The van der Waals surface area contributed by atoms with Crippen LogP contribution < -0.4 is 14.9 Å². The van der Waals surface area contributed by atoms with Crippen molar-refractivity contribution in [3.8, 4) is 0 Å². The lowest BCUT2D eigenvalue weighted by molar-refractivity contribution is -0.120. The summed E-state index contributed by atoms with van der Waals surface area (Å²) in [4.78, 5) is 12.5. The molecule has 0 spiro atoms. The fourth-order valence-electron chi connectivity index (χ4n) is 2.99. The van der Waals surface area contributed by atoms with Crippen LogP contribution >= 0.6 is 12.4 Å². The molecule has 1 amide bonds. The number of amides is 1. The Morgan fingerprint density at radius 1 is 1.15 bits per heavy atom. The van der Waals surface area contributed by atoms with Crippen molar-refractivity contribution in [3.63, 3.8) is 0 Å². The van der Waals surface area contributed by atoms with E-state index in [1.165, 1.54) is 23.5 Å². The van der Waals surface area contributed by atoms with E-state index in [-0.39, 0.29) is 29.1 Å². The molecule has 2 N–H and O–H groups in total. The molecule has 1 fully saturated rings. The van der Waals surface area contributed by atoms with E-state index in [9.17, 15) is 13.2 Å². The molecule has 1 aliphatic heterocycles. The maximum Gasteiger partial charge on any atom is 0.264 e. The lowest BCUT2D eigenvalue weighted by atomic mass is 9.99. The second-order valence-corrected chi connectivity index (χ2v) is 8.34. The number of anilines is 2. The van der Waals surface area contributed by atoms with Gasteiger partial charge in [-0.05, 0) is 49.7 Å². The Balaban J connectivity index is 0.00000261. The number of nitrogens with zero attached hydrogens (tertiary/aromatic N) is 1. The first kappa shape index (κ1) is 21.2. The lowest BCUT2D eigenvalue weighted by Crippen LogP contribution is -2.37. The average molecular weight is 410 g/mol. The zero-order valence-electron chi connectivity index (χ0n) is 15.1. The minimum absolute atomic E-state index is 0. The molecule has 27 heavy (non-hydrogen) atoms. The number of sulfonamides is 1. The molecule has 0 saturated carbocycles. The van der Waals surface area contributed by atoms with Gasteiger partial charge in [-0.15, -0.1) is 12.4 Å². The number of nitrogens with one attached hydrogen (secondary N) is 2. The van der Waals surface area contributed by atoms with E-state index in [1.807, 2.05) is 6.07 Å². The number of rotatable bonds is 5. The summed E-state index contributed by atoms with van der Waals surface area (Å²) in [5.74, 6) is -0.167. The number of carbonyl (C=O) groups is 1. The highest BCUT2D eigenvalue weighted by molar-refractivity contribution is 7.92. The van der Waals surface area contributed by atoms with E-state index >= 15 is 0 Å². The van der Waals surface area contributed by atoms with Crippen molar-refractivity contribution < 1.29 is 13.2 Å².